The molecule has 34 heavy (non-hydrogen) atoms. The summed E-state index contributed by atoms with van der Waals surface area (Å²) in [5.74, 6) is 2.15. The highest BCUT2D eigenvalue weighted by Gasteiger charge is 2.41. The summed E-state index contributed by atoms with van der Waals surface area (Å²) in [7, 11) is 3.26. The molecule has 0 amide bonds. The summed E-state index contributed by atoms with van der Waals surface area (Å²) in [6.07, 6.45) is 0.357. The molecule has 0 bridgehead atoms. The van der Waals surface area contributed by atoms with Gasteiger partial charge in [-0.3, -0.25) is 0 Å². The van der Waals surface area contributed by atoms with Gasteiger partial charge in [0.15, 0.2) is 11.5 Å². The predicted molar refractivity (Wildman–Crippen MR) is 134 cm³/mol. The zero-order chi connectivity index (χ0) is 23.2. The number of fused-ring (bicyclic) bond motifs is 4. The topological polar surface area (TPSA) is 43.3 Å². The Morgan fingerprint density at radius 2 is 1.71 bits per heavy atom. The first kappa shape index (κ1) is 20.9. The van der Waals surface area contributed by atoms with E-state index in [0.717, 1.165) is 34.6 Å². The van der Waals surface area contributed by atoms with E-state index < -0.39 is 6.23 Å². The molecule has 0 saturated heterocycles. The Labute approximate surface area is 203 Å². The van der Waals surface area contributed by atoms with Gasteiger partial charge in [-0.05, 0) is 58.8 Å². The molecule has 6 rings (SSSR count). The van der Waals surface area contributed by atoms with Crippen LogP contribution >= 0.6 is 11.6 Å². The third-order valence-electron chi connectivity index (χ3n) is 6.53. The van der Waals surface area contributed by atoms with Gasteiger partial charge in [0.05, 0.1) is 26.0 Å². The van der Waals surface area contributed by atoms with Gasteiger partial charge in [-0.1, -0.05) is 48.0 Å². The zero-order valence-corrected chi connectivity index (χ0v) is 19.6. The summed E-state index contributed by atoms with van der Waals surface area (Å²) in [6, 6.07) is 26.5. The highest BCUT2D eigenvalue weighted by Crippen LogP contribution is 2.49. The first-order valence-corrected chi connectivity index (χ1v) is 11.6. The first-order valence-electron chi connectivity index (χ1n) is 11.2. The number of methoxy groups -OCH3 is 2. The first-order chi connectivity index (χ1) is 16.6. The molecule has 5 nitrogen and oxygen atoms in total. The van der Waals surface area contributed by atoms with Crippen molar-refractivity contribution in [2.45, 2.75) is 18.7 Å². The molecule has 2 aliphatic rings. The van der Waals surface area contributed by atoms with E-state index in [9.17, 15) is 0 Å². The highest BCUT2D eigenvalue weighted by molar-refractivity contribution is 6.30. The van der Waals surface area contributed by atoms with Crippen LogP contribution in [0.5, 0.6) is 17.2 Å². The van der Waals surface area contributed by atoms with Crippen molar-refractivity contribution in [3.05, 3.63) is 101 Å². The van der Waals surface area contributed by atoms with Gasteiger partial charge in [0.25, 0.3) is 0 Å². The second-order valence-electron chi connectivity index (χ2n) is 8.48. The summed E-state index contributed by atoms with van der Waals surface area (Å²) < 4.78 is 17.4. The Kier molecular flexibility index (Phi) is 5.07. The van der Waals surface area contributed by atoms with Gasteiger partial charge < -0.3 is 14.2 Å². The van der Waals surface area contributed by atoms with Crippen molar-refractivity contribution in [2.24, 2.45) is 5.10 Å². The summed E-state index contributed by atoms with van der Waals surface area (Å²) >= 11 is 6.37. The molecule has 6 heteroatoms. The van der Waals surface area contributed by atoms with Crippen LogP contribution in [0, 0.1) is 0 Å². The molecule has 0 aromatic heterocycles. The van der Waals surface area contributed by atoms with Crippen molar-refractivity contribution in [1.82, 2.24) is 5.01 Å². The van der Waals surface area contributed by atoms with Gasteiger partial charge in [-0.15, -0.1) is 0 Å². The minimum absolute atomic E-state index is 0.0158. The van der Waals surface area contributed by atoms with Crippen molar-refractivity contribution in [1.29, 1.82) is 0 Å². The molecule has 4 aromatic carbocycles. The van der Waals surface area contributed by atoms with Crippen LogP contribution in [-0.4, -0.2) is 24.9 Å². The van der Waals surface area contributed by atoms with Gasteiger partial charge in [0, 0.05) is 22.6 Å². The summed E-state index contributed by atoms with van der Waals surface area (Å²) in [5.41, 5.74) is 4.12. The van der Waals surface area contributed by atoms with Crippen molar-refractivity contribution >= 4 is 28.1 Å². The van der Waals surface area contributed by atoms with E-state index in [1.54, 1.807) is 14.2 Å². The van der Waals surface area contributed by atoms with Crippen LogP contribution < -0.4 is 14.2 Å². The molecule has 2 aliphatic heterocycles. The monoisotopic (exact) mass is 470 g/mol. The summed E-state index contributed by atoms with van der Waals surface area (Å²) in [5, 5.41) is 10.2. The van der Waals surface area contributed by atoms with Crippen LogP contribution in [0.4, 0.5) is 0 Å². The molecule has 2 atom stereocenters. The van der Waals surface area contributed by atoms with Gasteiger partial charge in [0.1, 0.15) is 5.75 Å². The van der Waals surface area contributed by atoms with E-state index >= 15 is 0 Å². The van der Waals surface area contributed by atoms with Crippen LogP contribution in [0.2, 0.25) is 5.02 Å². The highest BCUT2D eigenvalue weighted by atomic mass is 35.5. The fourth-order valence-corrected chi connectivity index (χ4v) is 5.01. The summed E-state index contributed by atoms with van der Waals surface area (Å²) in [4.78, 5) is 0. The van der Waals surface area contributed by atoms with Gasteiger partial charge in [-0.2, -0.15) is 5.10 Å². The minimum Gasteiger partial charge on any atom is -0.493 e. The normalized spacial score (nSPS) is 18.7. The smallest absolute Gasteiger partial charge is 0.214 e. The Morgan fingerprint density at radius 1 is 0.882 bits per heavy atom. The molecule has 4 aromatic rings. The Balaban J connectivity index is 1.45. The molecule has 0 fully saturated rings. The fraction of sp³-hybridized carbons (Fsp3) is 0.179. The lowest BCUT2D eigenvalue weighted by Gasteiger charge is -2.38. The number of hydrogen-bond donors (Lipinski definition) is 0. The molecule has 170 valence electrons. The number of hydrogen-bond acceptors (Lipinski definition) is 5. The maximum absolute atomic E-state index is 6.48. The number of benzene rings is 4. The van der Waals surface area contributed by atoms with Crippen molar-refractivity contribution in [2.75, 3.05) is 14.2 Å². The quantitative estimate of drug-likeness (QED) is 0.331. The number of halogens is 1. The fourth-order valence-electron chi connectivity index (χ4n) is 4.83. The number of ether oxygens (including phenoxy) is 3. The molecular weight excluding hydrogens is 448 g/mol. The van der Waals surface area contributed by atoms with Crippen LogP contribution in [0.3, 0.4) is 0 Å². The Hall–Kier alpha value is -3.70. The van der Waals surface area contributed by atoms with Crippen LogP contribution in [0.1, 0.15) is 35.4 Å². The second kappa shape index (κ2) is 8.26. The lowest BCUT2D eigenvalue weighted by Crippen LogP contribution is -2.33. The predicted octanol–water partition coefficient (Wildman–Crippen LogP) is 6.75. The summed E-state index contributed by atoms with van der Waals surface area (Å²) in [6.45, 7) is 0. The van der Waals surface area contributed by atoms with Gasteiger partial charge in [-0.25, -0.2) is 5.01 Å². The van der Waals surface area contributed by atoms with E-state index in [2.05, 4.69) is 42.5 Å². The molecular formula is C28H23ClN2O3. The van der Waals surface area contributed by atoms with Crippen LogP contribution in [0.25, 0.3) is 10.8 Å². The van der Waals surface area contributed by atoms with Crippen molar-refractivity contribution in [3.63, 3.8) is 0 Å². The molecule has 0 N–H and O–H groups in total. The lowest BCUT2D eigenvalue weighted by atomic mass is 9.95. The SMILES string of the molecule is COc1ccc(C2Oc3ccc(Cl)cc3C3CC(c4ccc5ccccc5c4)=NN32)cc1OC. The average molecular weight is 471 g/mol. The molecule has 0 aliphatic carbocycles. The molecule has 2 unspecified atom stereocenters. The average Bonchev–Trinajstić information content (AvgIpc) is 3.33. The maximum atomic E-state index is 6.48. The Morgan fingerprint density at radius 3 is 2.53 bits per heavy atom. The zero-order valence-electron chi connectivity index (χ0n) is 18.9. The van der Waals surface area contributed by atoms with E-state index in [1.807, 2.05) is 41.4 Å². The van der Waals surface area contributed by atoms with Crippen molar-refractivity contribution in [3.8, 4) is 17.2 Å². The van der Waals surface area contributed by atoms with Crippen LogP contribution in [-0.2, 0) is 0 Å². The molecule has 2 heterocycles. The lowest BCUT2D eigenvalue weighted by molar-refractivity contribution is -0.0191. The van der Waals surface area contributed by atoms with Crippen molar-refractivity contribution < 1.29 is 14.2 Å². The van der Waals surface area contributed by atoms with E-state index in [4.69, 9.17) is 30.9 Å². The molecule has 0 saturated carbocycles. The minimum atomic E-state index is -0.406. The van der Waals surface area contributed by atoms with Gasteiger partial charge in [0.2, 0.25) is 6.23 Å². The molecule has 0 spiro atoms. The second-order valence-corrected chi connectivity index (χ2v) is 8.91. The number of hydrazone groups is 1. The molecule has 0 radical (unpaired) electrons. The van der Waals surface area contributed by atoms with E-state index in [1.165, 1.54) is 10.8 Å². The van der Waals surface area contributed by atoms with E-state index in [0.29, 0.717) is 16.5 Å². The third-order valence-corrected chi connectivity index (χ3v) is 6.76. The van der Waals surface area contributed by atoms with E-state index in [-0.39, 0.29) is 6.04 Å². The van der Waals surface area contributed by atoms with Crippen LogP contribution in [0.15, 0.2) is 84.0 Å². The van der Waals surface area contributed by atoms with Gasteiger partial charge >= 0.3 is 0 Å². The maximum Gasteiger partial charge on any atom is 0.214 e. The standard InChI is InChI=1S/C28H23ClN2O3/c1-32-26-11-9-20(14-27(26)33-2)28-31-24(22-15-21(29)10-12-25(22)34-28)16-23(30-31)19-8-7-17-5-3-4-6-18(17)13-19/h3-15,24,28H,16H2,1-2H3. The Bertz CT molecular complexity index is 1430. The largest absolute Gasteiger partial charge is 0.493 e. The number of nitrogens with zero attached hydrogens (tertiary/aromatic N) is 2. The third kappa shape index (κ3) is 3.44. The number of rotatable bonds is 4.